The fraction of sp³-hybridized carbons (Fsp3) is 0.471. The van der Waals surface area contributed by atoms with E-state index in [1.807, 2.05) is 45.0 Å². The van der Waals surface area contributed by atoms with Crippen LogP contribution >= 0.6 is 0 Å². The highest BCUT2D eigenvalue weighted by Crippen LogP contribution is 2.12. The van der Waals surface area contributed by atoms with Crippen molar-refractivity contribution in [3.05, 3.63) is 35.4 Å². The van der Waals surface area contributed by atoms with Gasteiger partial charge in [-0.3, -0.25) is 4.79 Å². The van der Waals surface area contributed by atoms with Crippen molar-refractivity contribution in [2.24, 2.45) is 15.9 Å². The summed E-state index contributed by atoms with van der Waals surface area (Å²) in [6.07, 6.45) is 2.05. The van der Waals surface area contributed by atoms with E-state index in [9.17, 15) is 4.79 Å². The maximum Gasteiger partial charge on any atom is 0.323 e. The Morgan fingerprint density at radius 2 is 1.91 bits per heavy atom. The number of ether oxygens (including phenoxy) is 1. The van der Waals surface area contributed by atoms with Crippen molar-refractivity contribution in [1.82, 2.24) is 0 Å². The van der Waals surface area contributed by atoms with E-state index in [1.165, 1.54) is 7.11 Å². The lowest BCUT2D eigenvalue weighted by molar-refractivity contribution is -0.156. The molecule has 1 aromatic carbocycles. The fourth-order valence-electron chi connectivity index (χ4n) is 1.86. The molecule has 0 aliphatic rings. The summed E-state index contributed by atoms with van der Waals surface area (Å²) in [5.74, 6) is 0.0804. The molecule has 0 saturated heterocycles. The van der Waals surface area contributed by atoms with E-state index >= 15 is 0 Å². The Morgan fingerprint density at radius 3 is 2.39 bits per heavy atom. The molecule has 2 N–H and O–H groups in total. The lowest BCUT2D eigenvalue weighted by Gasteiger charge is -2.22. The summed E-state index contributed by atoms with van der Waals surface area (Å²) in [6, 6.07) is 6.80. The molecule has 0 fully saturated rings. The molecule has 1 aromatic rings. The van der Waals surface area contributed by atoms with Gasteiger partial charge in [0.1, 0.15) is 18.8 Å². The minimum atomic E-state index is -0.694. The van der Waals surface area contributed by atoms with Crippen LogP contribution in [0, 0.1) is 0 Å². The molecule has 1 rings (SSSR count). The maximum atomic E-state index is 11.9. The molecule has 23 heavy (non-hydrogen) atoms. The highest BCUT2D eigenvalue weighted by molar-refractivity contribution is 6.02. The van der Waals surface area contributed by atoms with Gasteiger partial charge in [-0.05, 0) is 39.7 Å². The zero-order valence-electron chi connectivity index (χ0n) is 14.4. The Bertz CT molecular complexity index is 572. The molecule has 6 heteroatoms. The molecule has 0 amide bonds. The number of aliphatic imine (C=N–C) groups is 1. The number of nitrogens with zero attached hydrogens (tertiary/aromatic N) is 2. The van der Waals surface area contributed by atoms with Crippen LogP contribution in [-0.2, 0) is 20.8 Å². The number of esters is 1. The Kier molecular flexibility index (Phi) is 6.90. The van der Waals surface area contributed by atoms with Crippen molar-refractivity contribution in [3.63, 3.8) is 0 Å². The number of rotatable bonds is 5. The summed E-state index contributed by atoms with van der Waals surface area (Å²) in [4.78, 5) is 20.8. The van der Waals surface area contributed by atoms with Gasteiger partial charge >= 0.3 is 5.97 Å². The van der Waals surface area contributed by atoms with Gasteiger partial charge in [0.25, 0.3) is 0 Å². The number of nitrogens with two attached hydrogens (primary N) is 1. The predicted octanol–water partition coefficient (Wildman–Crippen LogP) is 2.30. The quantitative estimate of drug-likeness (QED) is 0.390. The van der Waals surface area contributed by atoms with Crippen LogP contribution in [0.25, 0.3) is 0 Å². The highest BCUT2D eigenvalue weighted by Gasteiger charge is 2.22. The lowest BCUT2D eigenvalue weighted by Crippen LogP contribution is -2.38. The Hall–Kier alpha value is -2.21. The summed E-state index contributed by atoms with van der Waals surface area (Å²) in [7, 11) is 1.47. The molecule has 0 heterocycles. The normalized spacial score (nSPS) is 13.9. The van der Waals surface area contributed by atoms with Crippen LogP contribution in [0.4, 0.5) is 0 Å². The van der Waals surface area contributed by atoms with E-state index in [0.717, 1.165) is 11.1 Å². The van der Waals surface area contributed by atoms with Crippen molar-refractivity contribution in [2.45, 2.75) is 45.8 Å². The molecule has 126 valence electrons. The van der Waals surface area contributed by atoms with Crippen LogP contribution in [0.5, 0.6) is 0 Å². The molecule has 0 aliphatic carbocycles. The number of hydrogen-bond donors (Lipinski definition) is 1. The van der Waals surface area contributed by atoms with Gasteiger partial charge in [-0.2, -0.15) is 0 Å². The first kappa shape index (κ1) is 18.8. The van der Waals surface area contributed by atoms with Gasteiger partial charge in [-0.15, -0.1) is 0 Å². The minimum absolute atomic E-state index is 0.404. The Morgan fingerprint density at radius 1 is 1.30 bits per heavy atom. The molecule has 0 aliphatic heterocycles. The first-order valence-corrected chi connectivity index (χ1v) is 7.44. The monoisotopic (exact) mass is 319 g/mol. The van der Waals surface area contributed by atoms with Gasteiger partial charge in [0, 0.05) is 11.8 Å². The van der Waals surface area contributed by atoms with Gasteiger partial charge in [-0.25, -0.2) is 4.99 Å². The van der Waals surface area contributed by atoms with Crippen LogP contribution in [0.3, 0.4) is 0 Å². The molecule has 0 radical (unpaired) electrons. The van der Waals surface area contributed by atoms with Crippen molar-refractivity contribution < 1.29 is 14.4 Å². The number of amidine groups is 1. The van der Waals surface area contributed by atoms with Crippen molar-refractivity contribution >= 4 is 18.0 Å². The van der Waals surface area contributed by atoms with Crippen molar-refractivity contribution in [3.8, 4) is 0 Å². The highest BCUT2D eigenvalue weighted by atomic mass is 16.6. The van der Waals surface area contributed by atoms with E-state index in [-0.39, 0.29) is 0 Å². The largest absolute Gasteiger partial charge is 0.459 e. The third-order valence-corrected chi connectivity index (χ3v) is 2.81. The molecule has 0 aromatic heterocycles. The topological polar surface area (TPSA) is 86.3 Å². The zero-order valence-corrected chi connectivity index (χ0v) is 14.4. The van der Waals surface area contributed by atoms with Crippen LogP contribution in [0.15, 0.2) is 34.4 Å². The third-order valence-electron chi connectivity index (χ3n) is 2.81. The van der Waals surface area contributed by atoms with E-state index in [2.05, 4.69) is 10.1 Å². The second-order valence-electron chi connectivity index (χ2n) is 6.03. The Labute approximate surface area is 137 Å². The smallest absolute Gasteiger partial charge is 0.323 e. The van der Waals surface area contributed by atoms with Gasteiger partial charge in [0.05, 0.1) is 0 Å². The number of carbonyl (C=O) groups excluding carboxylic acids is 1. The molecule has 1 atom stereocenters. The van der Waals surface area contributed by atoms with E-state index in [1.54, 1.807) is 13.1 Å². The molecule has 6 nitrogen and oxygen atoms in total. The second-order valence-corrected chi connectivity index (χ2v) is 6.03. The van der Waals surface area contributed by atoms with Crippen LogP contribution < -0.4 is 5.73 Å². The first-order chi connectivity index (χ1) is 10.8. The molecule has 0 saturated carbocycles. The Balaban J connectivity index is 2.77. The number of oxime groups is 1. The van der Waals surface area contributed by atoms with Crippen LogP contribution in [0.1, 0.15) is 38.8 Å². The zero-order chi connectivity index (χ0) is 17.5. The standard InChI is InChI=1S/C17H25N3O3/c1-6-19-15(20-22-5)13-9-7-12(8-10-13)11-14(18)16(21)23-17(2,3)4/h6-10,14H,11,18H2,1-5H3/b19-6?,20-15-/t14-/m0/s1. The summed E-state index contributed by atoms with van der Waals surface area (Å²) in [6.45, 7) is 7.26. The van der Waals surface area contributed by atoms with Crippen molar-refractivity contribution in [2.75, 3.05) is 7.11 Å². The van der Waals surface area contributed by atoms with E-state index in [0.29, 0.717) is 12.3 Å². The molecular weight excluding hydrogens is 294 g/mol. The number of hydrogen-bond acceptors (Lipinski definition) is 5. The summed E-state index contributed by atoms with van der Waals surface area (Å²) >= 11 is 0. The predicted molar refractivity (Wildman–Crippen MR) is 91.7 cm³/mol. The summed E-state index contributed by atoms with van der Waals surface area (Å²) < 4.78 is 5.28. The van der Waals surface area contributed by atoms with Crippen LogP contribution in [0.2, 0.25) is 0 Å². The second kappa shape index (κ2) is 8.43. The lowest BCUT2D eigenvalue weighted by atomic mass is 10.0. The van der Waals surface area contributed by atoms with Gasteiger partial charge in [0.2, 0.25) is 0 Å². The molecular formula is C17H25N3O3. The summed E-state index contributed by atoms with van der Waals surface area (Å²) in [5.41, 5.74) is 7.12. The average molecular weight is 319 g/mol. The third kappa shape index (κ3) is 6.61. The SMILES string of the molecule is CC=N/C(=N\OC)c1ccc(C[C@H](N)C(=O)OC(C)(C)C)cc1. The minimum Gasteiger partial charge on any atom is -0.459 e. The fourth-order valence-corrected chi connectivity index (χ4v) is 1.86. The number of carbonyl (C=O) groups is 1. The van der Waals surface area contributed by atoms with E-state index < -0.39 is 17.6 Å². The van der Waals surface area contributed by atoms with Crippen molar-refractivity contribution in [1.29, 1.82) is 0 Å². The molecule has 0 spiro atoms. The summed E-state index contributed by atoms with van der Waals surface area (Å²) in [5, 5.41) is 3.86. The van der Waals surface area contributed by atoms with Crippen LogP contribution in [-0.4, -0.2) is 36.8 Å². The first-order valence-electron chi connectivity index (χ1n) is 7.44. The maximum absolute atomic E-state index is 11.9. The van der Waals surface area contributed by atoms with Gasteiger partial charge in [-0.1, -0.05) is 29.4 Å². The van der Waals surface area contributed by atoms with Gasteiger partial charge < -0.3 is 15.3 Å². The van der Waals surface area contributed by atoms with Gasteiger partial charge in [0.15, 0.2) is 5.84 Å². The average Bonchev–Trinajstić information content (AvgIpc) is 2.46. The molecule has 0 bridgehead atoms. The number of benzene rings is 1. The molecule has 0 unspecified atom stereocenters. The van der Waals surface area contributed by atoms with E-state index in [4.69, 9.17) is 15.3 Å².